The minimum atomic E-state index is -0.137. The molecule has 3 aromatic heterocycles. The molecule has 0 saturated heterocycles. The third-order valence-electron chi connectivity index (χ3n) is 3.39. The first-order chi connectivity index (χ1) is 10.7. The molecule has 0 aliphatic carbocycles. The monoisotopic (exact) mass is 330 g/mol. The third kappa shape index (κ3) is 2.90. The minimum absolute atomic E-state index is 0.106. The highest BCUT2D eigenvalue weighted by molar-refractivity contribution is 7.20. The summed E-state index contributed by atoms with van der Waals surface area (Å²) in [6, 6.07) is 5.66. The summed E-state index contributed by atoms with van der Waals surface area (Å²) in [6.45, 7) is 1.94. The first kappa shape index (κ1) is 14.8. The SMILES string of the molecule is C[C@H](c1ccncn1)N(C)C(=O)c1csc(-c2cccs2)n1. The Morgan fingerprint density at radius 3 is 2.86 bits per heavy atom. The molecule has 112 valence electrons. The number of amides is 1. The Bertz CT molecular complexity index is 755. The molecular weight excluding hydrogens is 316 g/mol. The van der Waals surface area contributed by atoms with Crippen molar-refractivity contribution in [2.24, 2.45) is 0 Å². The summed E-state index contributed by atoms with van der Waals surface area (Å²) in [6.07, 6.45) is 3.16. The van der Waals surface area contributed by atoms with Crippen molar-refractivity contribution < 1.29 is 4.79 Å². The number of carbonyl (C=O) groups is 1. The molecule has 1 amide bonds. The van der Waals surface area contributed by atoms with Crippen molar-refractivity contribution in [3.05, 3.63) is 52.9 Å². The van der Waals surface area contributed by atoms with Crippen LogP contribution in [0.15, 0.2) is 41.5 Å². The summed E-state index contributed by atoms with van der Waals surface area (Å²) < 4.78 is 0. The molecule has 0 N–H and O–H groups in total. The molecule has 0 bridgehead atoms. The van der Waals surface area contributed by atoms with Crippen LogP contribution in [0.3, 0.4) is 0 Å². The van der Waals surface area contributed by atoms with E-state index >= 15 is 0 Å². The van der Waals surface area contributed by atoms with E-state index in [0.717, 1.165) is 15.6 Å². The van der Waals surface area contributed by atoms with Crippen LogP contribution in [0.2, 0.25) is 0 Å². The number of hydrogen-bond donors (Lipinski definition) is 0. The quantitative estimate of drug-likeness (QED) is 0.734. The minimum Gasteiger partial charge on any atom is -0.332 e. The Hall–Kier alpha value is -2.12. The summed E-state index contributed by atoms with van der Waals surface area (Å²) in [5.41, 5.74) is 1.27. The standard InChI is InChI=1S/C15H14N4OS2/c1-10(11-5-6-16-9-17-11)19(2)15(20)12-8-22-14(18-12)13-4-3-7-21-13/h3-10H,1-2H3/t10-/m1/s1. The summed E-state index contributed by atoms with van der Waals surface area (Å²) >= 11 is 3.11. The van der Waals surface area contributed by atoms with Gasteiger partial charge in [-0.25, -0.2) is 15.0 Å². The molecule has 0 unspecified atom stereocenters. The molecule has 22 heavy (non-hydrogen) atoms. The molecule has 3 rings (SSSR count). The second-order valence-electron chi connectivity index (χ2n) is 4.74. The molecule has 0 radical (unpaired) electrons. The Morgan fingerprint density at radius 2 is 2.18 bits per heavy atom. The van der Waals surface area contributed by atoms with Crippen LogP contribution in [0.5, 0.6) is 0 Å². The highest BCUT2D eigenvalue weighted by Crippen LogP contribution is 2.28. The third-order valence-corrected chi connectivity index (χ3v) is 5.27. The molecule has 7 heteroatoms. The van der Waals surface area contributed by atoms with E-state index in [1.54, 1.807) is 34.9 Å². The molecule has 0 aliphatic heterocycles. The molecule has 0 saturated carbocycles. The van der Waals surface area contributed by atoms with E-state index < -0.39 is 0 Å². The van der Waals surface area contributed by atoms with Gasteiger partial charge in [-0.15, -0.1) is 22.7 Å². The van der Waals surface area contributed by atoms with Gasteiger partial charge in [0.2, 0.25) is 0 Å². The van der Waals surface area contributed by atoms with Crippen LogP contribution in [0.1, 0.15) is 29.1 Å². The van der Waals surface area contributed by atoms with Gasteiger partial charge >= 0.3 is 0 Å². The molecule has 0 aliphatic rings. The van der Waals surface area contributed by atoms with Crippen LogP contribution >= 0.6 is 22.7 Å². The Balaban J connectivity index is 1.79. The smallest absolute Gasteiger partial charge is 0.273 e. The predicted octanol–water partition coefficient (Wildman–Crippen LogP) is 3.49. The van der Waals surface area contributed by atoms with Crippen LogP contribution < -0.4 is 0 Å². The lowest BCUT2D eigenvalue weighted by atomic mass is 10.2. The Labute approximate surface area is 136 Å². The van der Waals surface area contributed by atoms with Gasteiger partial charge in [0.25, 0.3) is 5.91 Å². The number of carbonyl (C=O) groups excluding carboxylic acids is 1. The van der Waals surface area contributed by atoms with Crippen LogP contribution in [0, 0.1) is 0 Å². The van der Waals surface area contributed by atoms with Crippen molar-refractivity contribution in [3.63, 3.8) is 0 Å². The van der Waals surface area contributed by atoms with Crippen molar-refractivity contribution in [1.29, 1.82) is 0 Å². The average Bonchev–Trinajstić information content (AvgIpc) is 3.24. The van der Waals surface area contributed by atoms with Gasteiger partial charge in [0, 0.05) is 18.6 Å². The average molecular weight is 330 g/mol. The van der Waals surface area contributed by atoms with E-state index in [1.807, 2.05) is 30.5 Å². The maximum absolute atomic E-state index is 12.6. The normalized spacial score (nSPS) is 12.1. The lowest BCUT2D eigenvalue weighted by molar-refractivity contribution is 0.0734. The van der Waals surface area contributed by atoms with Crippen molar-refractivity contribution in [1.82, 2.24) is 19.9 Å². The lowest BCUT2D eigenvalue weighted by Crippen LogP contribution is -2.30. The summed E-state index contributed by atoms with van der Waals surface area (Å²) in [7, 11) is 1.76. The fourth-order valence-electron chi connectivity index (χ4n) is 1.99. The van der Waals surface area contributed by atoms with Crippen molar-refractivity contribution in [2.75, 3.05) is 7.05 Å². The molecular formula is C15H14N4OS2. The number of aromatic nitrogens is 3. The van der Waals surface area contributed by atoms with E-state index in [4.69, 9.17) is 0 Å². The first-order valence-corrected chi connectivity index (χ1v) is 8.45. The summed E-state index contributed by atoms with van der Waals surface area (Å²) in [4.78, 5) is 27.9. The zero-order valence-corrected chi connectivity index (χ0v) is 13.8. The molecule has 5 nitrogen and oxygen atoms in total. The summed E-state index contributed by atoms with van der Waals surface area (Å²) in [5, 5.41) is 4.68. The molecule has 3 aromatic rings. The second-order valence-corrected chi connectivity index (χ2v) is 6.55. The topological polar surface area (TPSA) is 59.0 Å². The van der Waals surface area contributed by atoms with E-state index in [-0.39, 0.29) is 11.9 Å². The van der Waals surface area contributed by atoms with Gasteiger partial charge in [0.15, 0.2) is 0 Å². The molecule has 3 heterocycles. The van der Waals surface area contributed by atoms with Crippen LogP contribution in [-0.2, 0) is 0 Å². The number of hydrogen-bond acceptors (Lipinski definition) is 6. The highest BCUT2D eigenvalue weighted by Gasteiger charge is 2.22. The van der Waals surface area contributed by atoms with Gasteiger partial charge in [-0.05, 0) is 24.4 Å². The van der Waals surface area contributed by atoms with E-state index in [2.05, 4.69) is 15.0 Å². The second kappa shape index (κ2) is 6.33. The molecule has 0 aromatic carbocycles. The number of nitrogens with zero attached hydrogens (tertiary/aromatic N) is 4. The maximum Gasteiger partial charge on any atom is 0.273 e. The van der Waals surface area contributed by atoms with Crippen molar-refractivity contribution >= 4 is 28.6 Å². The van der Waals surface area contributed by atoms with E-state index in [9.17, 15) is 4.79 Å². The van der Waals surface area contributed by atoms with Gasteiger partial charge in [-0.2, -0.15) is 0 Å². The van der Waals surface area contributed by atoms with Gasteiger partial charge < -0.3 is 4.90 Å². The number of rotatable bonds is 4. The predicted molar refractivity (Wildman–Crippen MR) is 88.0 cm³/mol. The molecule has 0 fully saturated rings. The zero-order valence-electron chi connectivity index (χ0n) is 12.1. The maximum atomic E-state index is 12.6. The number of thiazole rings is 1. The number of thiophene rings is 1. The van der Waals surface area contributed by atoms with Crippen LogP contribution in [0.4, 0.5) is 0 Å². The van der Waals surface area contributed by atoms with Gasteiger partial charge in [0.05, 0.1) is 16.6 Å². The van der Waals surface area contributed by atoms with Crippen molar-refractivity contribution in [3.8, 4) is 9.88 Å². The van der Waals surface area contributed by atoms with Gasteiger partial charge in [-0.3, -0.25) is 4.79 Å². The largest absolute Gasteiger partial charge is 0.332 e. The fourth-order valence-corrected chi connectivity index (χ4v) is 3.60. The van der Waals surface area contributed by atoms with Crippen LogP contribution in [-0.4, -0.2) is 32.8 Å². The van der Waals surface area contributed by atoms with E-state index in [0.29, 0.717) is 5.69 Å². The Kier molecular flexibility index (Phi) is 4.26. The molecule has 0 spiro atoms. The fraction of sp³-hybridized carbons (Fsp3) is 0.200. The van der Waals surface area contributed by atoms with E-state index in [1.165, 1.54) is 17.7 Å². The van der Waals surface area contributed by atoms with Crippen molar-refractivity contribution in [2.45, 2.75) is 13.0 Å². The highest BCUT2D eigenvalue weighted by atomic mass is 32.1. The summed E-state index contributed by atoms with van der Waals surface area (Å²) in [5.74, 6) is -0.106. The first-order valence-electron chi connectivity index (χ1n) is 6.69. The van der Waals surface area contributed by atoms with Crippen LogP contribution in [0.25, 0.3) is 9.88 Å². The van der Waals surface area contributed by atoms with Gasteiger partial charge in [-0.1, -0.05) is 6.07 Å². The van der Waals surface area contributed by atoms with Gasteiger partial charge in [0.1, 0.15) is 17.0 Å². The Morgan fingerprint density at radius 1 is 1.32 bits per heavy atom. The molecule has 1 atom stereocenters. The zero-order chi connectivity index (χ0) is 15.5. The lowest BCUT2D eigenvalue weighted by Gasteiger charge is -2.23.